The van der Waals surface area contributed by atoms with Crippen LogP contribution in [0.4, 0.5) is 13.2 Å². The fourth-order valence-electron chi connectivity index (χ4n) is 6.83. The number of likely N-dealkylation sites (tertiary alicyclic amines) is 1. The van der Waals surface area contributed by atoms with Crippen LogP contribution in [0.3, 0.4) is 0 Å². The van der Waals surface area contributed by atoms with E-state index in [1.54, 1.807) is 25.1 Å². The number of benzene rings is 1. The minimum Gasteiger partial charge on any atom is -0.480 e. The van der Waals surface area contributed by atoms with Crippen molar-refractivity contribution in [2.75, 3.05) is 26.7 Å². The largest absolute Gasteiger partial charge is 0.480 e. The molecule has 1 N–H and O–H groups in total. The average Bonchev–Trinajstić information content (AvgIpc) is 3.32. The summed E-state index contributed by atoms with van der Waals surface area (Å²) in [5, 5.41) is 17.3. The van der Waals surface area contributed by atoms with Gasteiger partial charge in [-0.3, -0.25) is 9.69 Å². The van der Waals surface area contributed by atoms with Crippen LogP contribution in [-0.2, 0) is 10.7 Å². The summed E-state index contributed by atoms with van der Waals surface area (Å²) in [6.07, 6.45) is 3.58. The van der Waals surface area contributed by atoms with Crippen molar-refractivity contribution < 1.29 is 23.1 Å². The third kappa shape index (κ3) is 7.40. The van der Waals surface area contributed by atoms with Crippen molar-refractivity contribution in [3.63, 3.8) is 0 Å². The second kappa shape index (κ2) is 13.0. The molecule has 0 amide bonds. The van der Waals surface area contributed by atoms with Crippen LogP contribution in [0.15, 0.2) is 36.4 Å². The number of aromatic nitrogens is 2. The number of nitrogens with zero attached hydrogens (tertiary/aromatic N) is 4. The summed E-state index contributed by atoms with van der Waals surface area (Å²) in [5.41, 5.74) is 1.32. The Labute approximate surface area is 236 Å². The number of carboxylic acid groups (broad SMARTS) is 1. The van der Waals surface area contributed by atoms with Gasteiger partial charge in [-0.2, -0.15) is 13.9 Å². The summed E-state index contributed by atoms with van der Waals surface area (Å²) in [6.45, 7) is 8.12. The number of rotatable bonds is 11. The van der Waals surface area contributed by atoms with Gasteiger partial charge in [0.15, 0.2) is 0 Å². The molecule has 2 heterocycles. The van der Waals surface area contributed by atoms with Crippen LogP contribution < -0.4 is 0 Å². The molecule has 3 unspecified atom stereocenters. The van der Waals surface area contributed by atoms with E-state index < -0.39 is 17.9 Å². The number of likely N-dealkylation sites (N-methyl/N-ethyl adjacent to an activating group) is 1. The molecule has 2 aliphatic rings. The van der Waals surface area contributed by atoms with E-state index >= 15 is 0 Å². The topological polar surface area (TPSA) is 69.6 Å². The van der Waals surface area contributed by atoms with Crippen LogP contribution in [0.1, 0.15) is 75.2 Å². The summed E-state index contributed by atoms with van der Waals surface area (Å²) in [7, 11) is 1.90. The Bertz CT molecular complexity index is 1120. The molecule has 1 aromatic carbocycles. The molecule has 220 valence electrons. The molecule has 6 nitrogen and oxygen atoms in total. The Kier molecular flexibility index (Phi) is 9.88. The lowest BCUT2D eigenvalue weighted by atomic mass is 9.86. The van der Waals surface area contributed by atoms with Gasteiger partial charge in [0.05, 0.1) is 5.69 Å². The highest BCUT2D eigenvalue weighted by Crippen LogP contribution is 2.43. The monoisotopic (exact) mass is 560 g/mol. The zero-order valence-electron chi connectivity index (χ0n) is 24.1. The van der Waals surface area contributed by atoms with Crippen molar-refractivity contribution in [2.45, 2.75) is 83.2 Å². The first-order valence-electron chi connectivity index (χ1n) is 14.6. The number of aliphatic carboxylic acids is 1. The molecule has 1 aromatic heterocycles. The summed E-state index contributed by atoms with van der Waals surface area (Å²) >= 11 is 0. The smallest absolute Gasteiger partial charge is 0.321 e. The van der Waals surface area contributed by atoms with Gasteiger partial charge in [0.25, 0.3) is 5.92 Å². The molecule has 40 heavy (non-hydrogen) atoms. The first-order chi connectivity index (χ1) is 18.9. The molecule has 1 saturated carbocycles. The van der Waals surface area contributed by atoms with Gasteiger partial charge in [-0.1, -0.05) is 26.0 Å². The Balaban J connectivity index is 1.36. The van der Waals surface area contributed by atoms with E-state index in [9.17, 15) is 23.1 Å². The van der Waals surface area contributed by atoms with E-state index in [-0.39, 0.29) is 47.6 Å². The van der Waals surface area contributed by atoms with E-state index in [2.05, 4.69) is 15.1 Å². The molecule has 0 radical (unpaired) electrons. The molecule has 4 atom stereocenters. The maximum absolute atomic E-state index is 14.7. The number of aryl methyl sites for hydroxylation is 1. The normalized spacial score (nSPS) is 23.7. The number of carboxylic acids is 1. The van der Waals surface area contributed by atoms with Gasteiger partial charge in [-0.25, -0.2) is 4.39 Å². The van der Waals surface area contributed by atoms with Crippen molar-refractivity contribution in [1.82, 2.24) is 20.0 Å². The third-order valence-electron chi connectivity index (χ3n) is 9.08. The molecular formula is C31H43F3N4O2. The molecule has 2 aromatic rings. The highest BCUT2D eigenvalue weighted by atomic mass is 19.3. The van der Waals surface area contributed by atoms with Crippen molar-refractivity contribution >= 4 is 5.97 Å². The summed E-state index contributed by atoms with van der Waals surface area (Å²) in [6, 6.07) is 9.25. The quantitative estimate of drug-likeness (QED) is 0.358. The van der Waals surface area contributed by atoms with Crippen LogP contribution in [-0.4, -0.2) is 69.8 Å². The molecular weight excluding hydrogens is 517 g/mol. The number of alkyl halides is 2. The zero-order chi connectivity index (χ0) is 29.0. The van der Waals surface area contributed by atoms with Crippen molar-refractivity contribution in [2.24, 2.45) is 17.8 Å². The molecule has 1 saturated heterocycles. The van der Waals surface area contributed by atoms with Crippen molar-refractivity contribution in [3.05, 3.63) is 59.2 Å². The lowest BCUT2D eigenvalue weighted by molar-refractivity contribution is -0.145. The molecule has 4 rings (SSSR count). The molecule has 1 aliphatic carbocycles. The maximum Gasteiger partial charge on any atom is 0.321 e. The van der Waals surface area contributed by atoms with Gasteiger partial charge in [-0.15, -0.1) is 5.10 Å². The van der Waals surface area contributed by atoms with E-state index in [0.29, 0.717) is 12.1 Å². The third-order valence-corrected chi connectivity index (χ3v) is 9.08. The van der Waals surface area contributed by atoms with Crippen molar-refractivity contribution in [3.8, 4) is 0 Å². The number of hydrogen-bond acceptors (Lipinski definition) is 5. The summed E-state index contributed by atoms with van der Waals surface area (Å²) < 4.78 is 43.6. The van der Waals surface area contributed by atoms with Crippen LogP contribution in [0.2, 0.25) is 0 Å². The zero-order valence-corrected chi connectivity index (χ0v) is 24.1. The lowest BCUT2D eigenvalue weighted by Gasteiger charge is -2.35. The highest BCUT2D eigenvalue weighted by Gasteiger charge is 2.42. The number of hydrogen-bond donors (Lipinski definition) is 1. The maximum atomic E-state index is 14.7. The van der Waals surface area contributed by atoms with Gasteiger partial charge in [0.2, 0.25) is 0 Å². The first kappa shape index (κ1) is 30.4. The molecule has 0 spiro atoms. The van der Waals surface area contributed by atoms with Crippen LogP contribution >= 0.6 is 0 Å². The average molecular weight is 561 g/mol. The Hall–Kier alpha value is -2.52. The second-order valence-electron chi connectivity index (χ2n) is 12.3. The van der Waals surface area contributed by atoms with Gasteiger partial charge < -0.3 is 10.0 Å². The van der Waals surface area contributed by atoms with E-state index in [0.717, 1.165) is 50.9 Å². The number of piperidine rings is 1. The minimum absolute atomic E-state index is 0.0290. The predicted molar refractivity (Wildman–Crippen MR) is 149 cm³/mol. The lowest BCUT2D eigenvalue weighted by Crippen LogP contribution is -2.47. The fraction of sp³-hybridized carbons (Fsp3) is 0.645. The summed E-state index contributed by atoms with van der Waals surface area (Å²) in [5.74, 6) is -3.44. The van der Waals surface area contributed by atoms with Crippen LogP contribution in [0.5, 0.6) is 0 Å². The molecule has 9 heteroatoms. The second-order valence-corrected chi connectivity index (χ2v) is 12.3. The van der Waals surface area contributed by atoms with E-state index in [1.165, 1.54) is 12.1 Å². The standard InChI is InChI=1S/C31H43F3N4O2/c1-20(2)29(30(39)40)37(4)26-17-24(27(18-26)23-6-5-7-25(32)16-23)19-38-14-11-22(12-15-38)10-13-31(33,34)28-9-8-21(3)35-36-28/h5-9,16,20,22,24,26-27,29H,10-15,17-19H2,1-4H3,(H,39,40)/t24?,26?,27?,29-/m1/s1. The molecule has 2 fully saturated rings. The van der Waals surface area contributed by atoms with Crippen LogP contribution in [0, 0.1) is 30.5 Å². The Morgan fingerprint density at radius 2 is 1.88 bits per heavy atom. The highest BCUT2D eigenvalue weighted by molar-refractivity contribution is 5.73. The number of halogens is 3. The van der Waals surface area contributed by atoms with Crippen molar-refractivity contribution in [1.29, 1.82) is 0 Å². The van der Waals surface area contributed by atoms with Gasteiger partial charge in [0, 0.05) is 19.0 Å². The Morgan fingerprint density at radius 1 is 1.15 bits per heavy atom. The van der Waals surface area contributed by atoms with Gasteiger partial charge in [0.1, 0.15) is 17.6 Å². The van der Waals surface area contributed by atoms with E-state index in [4.69, 9.17) is 0 Å². The Morgan fingerprint density at radius 3 is 2.48 bits per heavy atom. The minimum atomic E-state index is -2.98. The molecule has 1 aliphatic heterocycles. The van der Waals surface area contributed by atoms with Crippen LogP contribution in [0.25, 0.3) is 0 Å². The number of carbonyl (C=O) groups is 1. The summed E-state index contributed by atoms with van der Waals surface area (Å²) in [4.78, 5) is 16.4. The SMILES string of the molecule is Cc1ccc(C(F)(F)CCC2CCN(CC3CC(N(C)[C@@H](C(=O)O)C(C)C)CC3c3cccc(F)c3)CC2)nn1. The first-order valence-corrected chi connectivity index (χ1v) is 14.6. The van der Waals surface area contributed by atoms with E-state index in [1.807, 2.05) is 31.9 Å². The molecule has 0 bridgehead atoms. The predicted octanol–water partition coefficient (Wildman–Crippen LogP) is 6.11. The van der Waals surface area contributed by atoms with Gasteiger partial charge in [-0.05, 0) is 113 Å². The fourth-order valence-corrected chi connectivity index (χ4v) is 6.83. The van der Waals surface area contributed by atoms with Gasteiger partial charge >= 0.3 is 5.97 Å².